The Morgan fingerprint density at radius 3 is 2.27 bits per heavy atom. The molecule has 0 aliphatic rings. The van der Waals surface area contributed by atoms with Crippen LogP contribution in [-0.2, 0) is 23.1 Å². The lowest BCUT2D eigenvalue weighted by Gasteiger charge is -2.23. The van der Waals surface area contributed by atoms with Crippen LogP contribution < -0.4 is 19.8 Å². The van der Waals surface area contributed by atoms with Gasteiger partial charge in [0.2, 0.25) is 10.0 Å². The van der Waals surface area contributed by atoms with Crippen molar-refractivity contribution in [3.8, 4) is 22.6 Å². The van der Waals surface area contributed by atoms with E-state index < -0.39 is 27.0 Å². The van der Waals surface area contributed by atoms with Crippen LogP contribution >= 0.6 is 0 Å². The highest BCUT2D eigenvalue weighted by molar-refractivity contribution is 7.89. The average Bonchev–Trinajstić information content (AvgIpc) is 2.89. The van der Waals surface area contributed by atoms with Crippen molar-refractivity contribution in [2.45, 2.75) is 24.3 Å². The summed E-state index contributed by atoms with van der Waals surface area (Å²) < 4.78 is 77.6. The maximum absolute atomic E-state index is 13.7. The van der Waals surface area contributed by atoms with Crippen molar-refractivity contribution in [1.29, 1.82) is 0 Å². The van der Waals surface area contributed by atoms with Crippen molar-refractivity contribution in [3.05, 3.63) is 88.8 Å². The molecule has 8 nitrogen and oxygen atoms in total. The number of aromatic nitrogens is 1. The summed E-state index contributed by atoms with van der Waals surface area (Å²) in [5.74, 6) is -0.274. The number of pyridine rings is 1. The number of para-hydroxylation sites is 1. The molecule has 4 aromatic rings. The van der Waals surface area contributed by atoms with Crippen molar-refractivity contribution in [2.24, 2.45) is 0 Å². The smallest absolute Gasteiger partial charge is 0.497 e. The molecule has 0 aliphatic heterocycles. The fourth-order valence-corrected chi connectivity index (χ4v) is 5.63. The molecule has 3 aromatic carbocycles. The third kappa shape index (κ3) is 6.46. The van der Waals surface area contributed by atoms with Gasteiger partial charge in [0.15, 0.2) is 0 Å². The Bertz CT molecular complexity index is 1670. The quantitative estimate of drug-likeness (QED) is 0.297. The summed E-state index contributed by atoms with van der Waals surface area (Å²) in [5, 5.41) is 1.09. The molecule has 0 aliphatic carbocycles. The van der Waals surface area contributed by atoms with Gasteiger partial charge in [0.1, 0.15) is 16.4 Å². The minimum absolute atomic E-state index is 0.0780. The number of ether oxygens (including phenoxy) is 2. The summed E-state index contributed by atoms with van der Waals surface area (Å²) >= 11 is 0. The molecule has 0 unspecified atom stereocenters. The zero-order chi connectivity index (χ0) is 29.1. The molecule has 0 bridgehead atoms. The third-order valence-corrected chi connectivity index (χ3v) is 7.61. The first kappa shape index (κ1) is 29.1. The van der Waals surface area contributed by atoms with E-state index in [1.54, 1.807) is 18.2 Å². The monoisotopic (exact) mass is 575 g/mol. The van der Waals surface area contributed by atoms with Crippen LogP contribution in [0.1, 0.15) is 5.69 Å². The van der Waals surface area contributed by atoms with Gasteiger partial charge < -0.3 is 18.9 Å². The van der Waals surface area contributed by atoms with Gasteiger partial charge in [-0.2, -0.15) is 0 Å². The van der Waals surface area contributed by atoms with Crippen LogP contribution in [0.2, 0.25) is 0 Å². The predicted molar refractivity (Wildman–Crippen MR) is 146 cm³/mol. The molecule has 1 heterocycles. The molecule has 0 spiro atoms. The molecule has 1 aromatic heterocycles. The van der Waals surface area contributed by atoms with Gasteiger partial charge in [0.05, 0.1) is 7.11 Å². The van der Waals surface area contributed by atoms with Gasteiger partial charge in [-0.15, -0.1) is 13.2 Å². The second-order valence-electron chi connectivity index (χ2n) is 9.19. The zero-order valence-electron chi connectivity index (χ0n) is 22.0. The van der Waals surface area contributed by atoms with E-state index in [-0.39, 0.29) is 18.6 Å². The van der Waals surface area contributed by atoms with Gasteiger partial charge in [0, 0.05) is 41.7 Å². The van der Waals surface area contributed by atoms with E-state index >= 15 is 0 Å². The van der Waals surface area contributed by atoms with E-state index in [4.69, 9.17) is 4.74 Å². The fourth-order valence-electron chi connectivity index (χ4n) is 4.48. The van der Waals surface area contributed by atoms with E-state index in [1.807, 2.05) is 49.3 Å². The topological polar surface area (TPSA) is 89.9 Å². The third-order valence-electron chi connectivity index (χ3n) is 6.11. The minimum Gasteiger partial charge on any atom is -0.497 e. The highest BCUT2D eigenvalue weighted by atomic mass is 32.2. The summed E-state index contributed by atoms with van der Waals surface area (Å²) in [4.78, 5) is 15.0. The van der Waals surface area contributed by atoms with Crippen LogP contribution in [0.15, 0.2) is 82.5 Å². The molecule has 0 amide bonds. The molecule has 212 valence electrons. The number of fused-ring (bicyclic) bond motifs is 1. The van der Waals surface area contributed by atoms with Crippen LogP contribution in [0, 0.1) is 0 Å². The molecule has 12 heteroatoms. The van der Waals surface area contributed by atoms with Gasteiger partial charge in [-0.05, 0) is 50.0 Å². The Morgan fingerprint density at radius 1 is 0.950 bits per heavy atom. The Hall–Kier alpha value is -3.87. The Labute approximate surface area is 229 Å². The van der Waals surface area contributed by atoms with E-state index in [0.717, 1.165) is 23.3 Å². The summed E-state index contributed by atoms with van der Waals surface area (Å²) in [6, 6.07) is 19.1. The molecule has 0 fully saturated rings. The highest BCUT2D eigenvalue weighted by Gasteiger charge is 2.34. The van der Waals surface area contributed by atoms with Crippen molar-refractivity contribution in [2.75, 3.05) is 27.7 Å². The van der Waals surface area contributed by atoms with Crippen molar-refractivity contribution < 1.29 is 31.1 Å². The summed E-state index contributed by atoms with van der Waals surface area (Å²) in [7, 11) is 0.817. The molecule has 40 heavy (non-hydrogen) atoms. The van der Waals surface area contributed by atoms with E-state index in [9.17, 15) is 26.4 Å². The lowest BCUT2D eigenvalue weighted by atomic mass is 9.96. The first-order chi connectivity index (χ1) is 18.9. The molecular formula is C28H28F3N3O5S. The van der Waals surface area contributed by atoms with Crippen LogP contribution in [0.4, 0.5) is 13.2 Å². The standard InChI is InChI=1S/C28H28F3N3O5S/c1-33(2)18-23-26(19-9-5-4-6-10-19)22-17-20(38-3)13-14-21(22)27(35)34(23)16-15-32-40(36,37)25-12-8-7-11-24(25)39-28(29,30)31/h4-14,17,32H,15-16,18H2,1-3H3. The number of hydrogen-bond acceptors (Lipinski definition) is 6. The lowest BCUT2D eigenvalue weighted by Crippen LogP contribution is -2.34. The fraction of sp³-hybridized carbons (Fsp3) is 0.250. The average molecular weight is 576 g/mol. The second-order valence-corrected chi connectivity index (χ2v) is 10.9. The van der Waals surface area contributed by atoms with Gasteiger partial charge in [-0.3, -0.25) is 4.79 Å². The number of nitrogens with zero attached hydrogens (tertiary/aromatic N) is 2. The minimum atomic E-state index is -5.07. The van der Waals surface area contributed by atoms with Gasteiger partial charge in [-0.1, -0.05) is 42.5 Å². The number of hydrogen-bond donors (Lipinski definition) is 1. The van der Waals surface area contributed by atoms with E-state index in [0.29, 0.717) is 28.8 Å². The van der Waals surface area contributed by atoms with E-state index in [2.05, 4.69) is 9.46 Å². The molecule has 4 rings (SSSR count). The molecule has 0 saturated heterocycles. The number of rotatable bonds is 10. The molecule has 0 saturated carbocycles. The number of alkyl halides is 3. The molecule has 0 atom stereocenters. The maximum Gasteiger partial charge on any atom is 0.573 e. The number of benzene rings is 3. The van der Waals surface area contributed by atoms with Gasteiger partial charge in [-0.25, -0.2) is 13.1 Å². The summed E-state index contributed by atoms with van der Waals surface area (Å²) in [6.45, 7) is 0.00582. The number of methoxy groups -OCH3 is 1. The first-order valence-electron chi connectivity index (χ1n) is 12.2. The van der Waals surface area contributed by atoms with Crippen LogP contribution in [0.3, 0.4) is 0 Å². The largest absolute Gasteiger partial charge is 0.573 e. The second kappa shape index (κ2) is 11.7. The molecular weight excluding hydrogens is 547 g/mol. The van der Waals surface area contributed by atoms with Crippen molar-refractivity contribution in [3.63, 3.8) is 0 Å². The van der Waals surface area contributed by atoms with Gasteiger partial charge >= 0.3 is 6.36 Å². The molecule has 1 N–H and O–H groups in total. The Balaban J connectivity index is 1.78. The van der Waals surface area contributed by atoms with Crippen molar-refractivity contribution in [1.82, 2.24) is 14.2 Å². The first-order valence-corrected chi connectivity index (χ1v) is 13.7. The number of halogens is 3. The van der Waals surface area contributed by atoms with Crippen LogP contribution in [-0.4, -0.2) is 52.0 Å². The summed E-state index contributed by atoms with van der Waals surface area (Å²) in [6.07, 6.45) is -5.07. The number of sulfonamides is 1. The zero-order valence-corrected chi connectivity index (χ0v) is 22.8. The summed E-state index contributed by atoms with van der Waals surface area (Å²) in [5.41, 5.74) is 1.94. The highest BCUT2D eigenvalue weighted by Crippen LogP contribution is 2.34. The van der Waals surface area contributed by atoms with Crippen molar-refractivity contribution >= 4 is 20.8 Å². The number of nitrogens with one attached hydrogen (secondary N) is 1. The normalized spacial score (nSPS) is 12.2. The maximum atomic E-state index is 13.7. The predicted octanol–water partition coefficient (Wildman–Crippen LogP) is 4.62. The molecule has 0 radical (unpaired) electrons. The Morgan fingerprint density at radius 2 is 1.62 bits per heavy atom. The van der Waals surface area contributed by atoms with Gasteiger partial charge in [0.25, 0.3) is 5.56 Å². The van der Waals surface area contributed by atoms with Crippen LogP contribution in [0.5, 0.6) is 11.5 Å². The SMILES string of the molecule is COc1ccc2c(=O)n(CCNS(=O)(=O)c3ccccc3OC(F)(F)F)c(CN(C)C)c(-c3ccccc3)c2c1. The Kier molecular flexibility index (Phi) is 8.52. The lowest BCUT2D eigenvalue weighted by molar-refractivity contribution is -0.275. The van der Waals surface area contributed by atoms with E-state index in [1.165, 1.54) is 23.8 Å². The van der Waals surface area contributed by atoms with Crippen LogP contribution in [0.25, 0.3) is 21.9 Å².